The molecule has 202 valence electrons. The highest BCUT2D eigenvalue weighted by molar-refractivity contribution is 5.83. The number of nitrogens with zero attached hydrogens (tertiary/aromatic N) is 4. The highest BCUT2D eigenvalue weighted by Crippen LogP contribution is 2.36. The minimum Gasteiger partial charge on any atom is -0.391 e. The first-order chi connectivity index (χ1) is 18.4. The maximum Gasteiger partial charge on any atom is 0.233 e. The zero-order chi connectivity index (χ0) is 26.7. The van der Waals surface area contributed by atoms with E-state index in [-0.39, 0.29) is 24.9 Å². The highest BCUT2D eigenvalue weighted by Gasteiger charge is 2.44. The van der Waals surface area contributed by atoms with Crippen molar-refractivity contribution in [2.24, 2.45) is 5.41 Å². The summed E-state index contributed by atoms with van der Waals surface area (Å²) in [6.07, 6.45) is 0.866. The number of aromatic amines is 1. The summed E-state index contributed by atoms with van der Waals surface area (Å²) >= 11 is 0. The third kappa shape index (κ3) is 5.53. The van der Waals surface area contributed by atoms with Gasteiger partial charge in [0.1, 0.15) is 5.82 Å². The lowest BCUT2D eigenvalue weighted by Gasteiger charge is -2.37. The molecule has 3 aromatic rings. The monoisotopic (exact) mass is 526 g/mol. The summed E-state index contributed by atoms with van der Waals surface area (Å²) in [5, 5.41) is 12.9. The molecule has 2 fully saturated rings. The topological polar surface area (TPSA) is 135 Å². The minimum absolute atomic E-state index is 0.103. The Balaban J connectivity index is 1.39. The number of ether oxygens (including phenoxy) is 3. The lowest BCUT2D eigenvalue weighted by atomic mass is 9.90. The smallest absolute Gasteiger partial charge is 0.233 e. The van der Waals surface area contributed by atoms with Gasteiger partial charge in [-0.25, -0.2) is 19.3 Å². The average Bonchev–Trinajstić information content (AvgIpc) is 3.56. The number of anilines is 1. The van der Waals surface area contributed by atoms with E-state index < -0.39 is 17.8 Å². The van der Waals surface area contributed by atoms with Crippen molar-refractivity contribution in [2.45, 2.75) is 25.7 Å². The number of carbonyl (C=O) groups excluding carboxylic acids is 1. The molecule has 12 heteroatoms. The number of aromatic nitrogens is 4. The number of benzene rings is 1. The Labute approximate surface area is 219 Å². The summed E-state index contributed by atoms with van der Waals surface area (Å²) in [4.78, 5) is 31.6. The number of aliphatic hydroxyl groups is 1. The van der Waals surface area contributed by atoms with Gasteiger partial charge in [-0.2, -0.15) is 0 Å². The standard InChI is InChI=1S/C26H31FN6O5/c1-26(24(35)33-11-8-18(34)13-33)14-37-23(38-15-26)22-31-20(16-3-5-17(27)6-4-16)21(32-22)19-7-9-28-25(30-19)29-10-12-36-2/h3-7,9,18,23,34H,8,10-15H2,1-2H3,(H,31,32)(H,28,29,30). The summed E-state index contributed by atoms with van der Waals surface area (Å²) in [5.41, 5.74) is 1.52. The molecule has 1 atom stereocenters. The number of nitrogens with one attached hydrogen (secondary N) is 2. The first kappa shape index (κ1) is 26.2. The Hall–Kier alpha value is -3.45. The fraction of sp³-hybridized carbons (Fsp3) is 0.462. The molecule has 0 bridgehead atoms. The molecule has 11 nitrogen and oxygen atoms in total. The number of halogens is 1. The van der Waals surface area contributed by atoms with E-state index in [9.17, 15) is 14.3 Å². The van der Waals surface area contributed by atoms with Crippen LogP contribution in [0.25, 0.3) is 22.6 Å². The maximum absolute atomic E-state index is 13.6. The number of hydrogen-bond acceptors (Lipinski definition) is 9. The molecule has 0 saturated carbocycles. The van der Waals surface area contributed by atoms with E-state index in [4.69, 9.17) is 19.2 Å². The number of amides is 1. The van der Waals surface area contributed by atoms with Gasteiger partial charge in [0, 0.05) is 38.5 Å². The second-order valence-corrected chi connectivity index (χ2v) is 9.75. The number of carbonyl (C=O) groups is 1. The van der Waals surface area contributed by atoms with Crippen molar-refractivity contribution in [3.05, 3.63) is 48.2 Å². The van der Waals surface area contributed by atoms with Gasteiger partial charge in [-0.1, -0.05) is 0 Å². The summed E-state index contributed by atoms with van der Waals surface area (Å²) in [6, 6.07) is 7.76. The average molecular weight is 527 g/mol. The molecule has 0 spiro atoms. The second-order valence-electron chi connectivity index (χ2n) is 9.75. The van der Waals surface area contributed by atoms with Crippen molar-refractivity contribution in [1.29, 1.82) is 0 Å². The van der Waals surface area contributed by atoms with Gasteiger partial charge in [0.25, 0.3) is 0 Å². The molecule has 2 aliphatic rings. The van der Waals surface area contributed by atoms with Crippen LogP contribution >= 0.6 is 0 Å². The zero-order valence-corrected chi connectivity index (χ0v) is 21.3. The molecule has 3 N–H and O–H groups in total. The summed E-state index contributed by atoms with van der Waals surface area (Å²) in [7, 11) is 1.62. The molecule has 4 heterocycles. The number of aliphatic hydroxyl groups excluding tert-OH is 1. The fourth-order valence-corrected chi connectivity index (χ4v) is 4.55. The molecule has 2 aliphatic heterocycles. The highest BCUT2D eigenvalue weighted by atomic mass is 19.1. The van der Waals surface area contributed by atoms with Crippen LogP contribution in [0.1, 0.15) is 25.5 Å². The van der Waals surface area contributed by atoms with Crippen molar-refractivity contribution >= 4 is 11.9 Å². The normalized spacial score (nSPS) is 23.5. The van der Waals surface area contributed by atoms with E-state index in [0.717, 1.165) is 0 Å². The third-order valence-corrected chi connectivity index (χ3v) is 6.64. The van der Waals surface area contributed by atoms with Crippen molar-refractivity contribution in [2.75, 3.05) is 51.9 Å². The Morgan fingerprint density at radius 2 is 2.03 bits per heavy atom. The van der Waals surface area contributed by atoms with Crippen LogP contribution in [-0.4, -0.2) is 88.5 Å². The molecular weight excluding hydrogens is 495 g/mol. The van der Waals surface area contributed by atoms with Crippen LogP contribution in [0.5, 0.6) is 0 Å². The maximum atomic E-state index is 13.6. The van der Waals surface area contributed by atoms with Gasteiger partial charge in [-0.05, 0) is 43.7 Å². The van der Waals surface area contributed by atoms with Gasteiger partial charge in [0.2, 0.25) is 18.1 Å². The molecule has 5 rings (SSSR count). The molecule has 2 saturated heterocycles. The van der Waals surface area contributed by atoms with Gasteiger partial charge in [0.15, 0.2) is 5.82 Å². The van der Waals surface area contributed by atoms with Crippen molar-refractivity contribution in [3.8, 4) is 22.6 Å². The Morgan fingerprint density at radius 1 is 1.26 bits per heavy atom. The lowest BCUT2D eigenvalue weighted by Crippen LogP contribution is -2.49. The van der Waals surface area contributed by atoms with Gasteiger partial charge in [-0.3, -0.25) is 4.79 Å². The quantitative estimate of drug-likeness (QED) is 0.378. The van der Waals surface area contributed by atoms with Gasteiger partial charge < -0.3 is 34.5 Å². The van der Waals surface area contributed by atoms with Crippen LogP contribution in [-0.2, 0) is 19.0 Å². The van der Waals surface area contributed by atoms with Crippen molar-refractivity contribution < 1.29 is 28.5 Å². The number of β-amino-alcohol motifs (C(OH)–C–C–N with tert-alkyl or cyclic N) is 1. The number of likely N-dealkylation sites (tertiary alicyclic amines) is 1. The van der Waals surface area contributed by atoms with Gasteiger partial charge >= 0.3 is 0 Å². The van der Waals surface area contributed by atoms with Crippen molar-refractivity contribution in [3.63, 3.8) is 0 Å². The minimum atomic E-state index is -0.870. The van der Waals surface area contributed by atoms with Crippen LogP contribution in [0.2, 0.25) is 0 Å². The molecule has 0 radical (unpaired) electrons. The van der Waals surface area contributed by atoms with Gasteiger partial charge in [0.05, 0.1) is 48.4 Å². The van der Waals surface area contributed by atoms with Crippen LogP contribution in [0.4, 0.5) is 10.3 Å². The molecule has 0 aliphatic carbocycles. The lowest BCUT2D eigenvalue weighted by molar-refractivity contribution is -0.234. The van der Waals surface area contributed by atoms with E-state index in [1.807, 2.05) is 0 Å². The number of H-pyrrole nitrogens is 1. The molecule has 1 unspecified atom stereocenters. The van der Waals surface area contributed by atoms with Crippen molar-refractivity contribution in [1.82, 2.24) is 24.8 Å². The van der Waals surface area contributed by atoms with E-state index in [1.165, 1.54) is 12.1 Å². The predicted octanol–water partition coefficient (Wildman–Crippen LogP) is 2.38. The number of imidazole rings is 1. The molecular formula is C26H31FN6O5. The number of rotatable bonds is 8. The Morgan fingerprint density at radius 3 is 2.71 bits per heavy atom. The van der Waals surface area contributed by atoms with E-state index in [1.54, 1.807) is 43.3 Å². The third-order valence-electron chi connectivity index (χ3n) is 6.64. The van der Waals surface area contributed by atoms with Crippen LogP contribution < -0.4 is 5.32 Å². The summed E-state index contributed by atoms with van der Waals surface area (Å²) < 4.78 is 30.7. The van der Waals surface area contributed by atoms with E-state index in [0.29, 0.717) is 67.1 Å². The first-order valence-corrected chi connectivity index (χ1v) is 12.5. The molecule has 2 aromatic heterocycles. The van der Waals surface area contributed by atoms with Crippen LogP contribution in [0.15, 0.2) is 36.5 Å². The summed E-state index contributed by atoms with van der Waals surface area (Å²) in [6.45, 7) is 3.94. The van der Waals surface area contributed by atoms with Crippen LogP contribution in [0, 0.1) is 11.2 Å². The van der Waals surface area contributed by atoms with E-state index >= 15 is 0 Å². The van der Waals surface area contributed by atoms with E-state index in [2.05, 4.69) is 20.3 Å². The zero-order valence-electron chi connectivity index (χ0n) is 21.3. The molecule has 38 heavy (non-hydrogen) atoms. The second kappa shape index (κ2) is 11.1. The largest absolute Gasteiger partial charge is 0.391 e. The molecule has 1 amide bonds. The van der Waals surface area contributed by atoms with Gasteiger partial charge in [-0.15, -0.1) is 0 Å². The summed E-state index contributed by atoms with van der Waals surface area (Å²) in [5.74, 6) is 0.366. The number of methoxy groups -OCH3 is 1. The fourth-order valence-electron chi connectivity index (χ4n) is 4.55. The Bertz CT molecular complexity index is 1260. The first-order valence-electron chi connectivity index (χ1n) is 12.5. The molecule has 1 aromatic carbocycles. The SMILES string of the molecule is COCCNc1nccc(-c2[nH]c(C3OCC(C)(C(=O)N4CCC(O)C4)CO3)nc2-c2ccc(F)cc2)n1. The van der Waals surface area contributed by atoms with Crippen LogP contribution in [0.3, 0.4) is 0 Å². The number of hydrogen-bond donors (Lipinski definition) is 3. The predicted molar refractivity (Wildman–Crippen MR) is 135 cm³/mol. The Kier molecular flexibility index (Phi) is 7.65.